The molecule has 1 saturated heterocycles. The number of nitrogens with one attached hydrogen (secondary N) is 1. The van der Waals surface area contributed by atoms with Crippen molar-refractivity contribution in [1.29, 1.82) is 0 Å². The molecule has 4 heterocycles. The standard InChI is InChI=1S/C20H21N5S/c1-11-3-12(4-14-8-24(2)23-19(11)14)18-10-25-9-17(22-20(25)26-18)16-6-15-5-13(16)7-21-15/h3-4,8-10,13,15-16,21H,5-7H2,1-2H3/t13-,15-,16-/m1/s1. The smallest absolute Gasteiger partial charge is 0.194 e. The first-order valence-corrected chi connectivity index (χ1v) is 10.1. The van der Waals surface area contributed by atoms with E-state index in [1.807, 2.05) is 11.7 Å². The molecule has 2 fully saturated rings. The summed E-state index contributed by atoms with van der Waals surface area (Å²) in [5.41, 5.74) is 4.85. The molecule has 0 spiro atoms. The third-order valence-electron chi connectivity index (χ3n) is 6.12. The highest BCUT2D eigenvalue weighted by Gasteiger charge is 2.41. The Hall–Kier alpha value is -2.18. The maximum absolute atomic E-state index is 4.99. The maximum atomic E-state index is 4.99. The average Bonchev–Trinajstić information content (AvgIpc) is 3.38. The zero-order chi connectivity index (χ0) is 17.4. The quantitative estimate of drug-likeness (QED) is 0.590. The number of aryl methyl sites for hydroxylation is 2. The van der Waals surface area contributed by atoms with Gasteiger partial charge in [0.05, 0.1) is 16.1 Å². The van der Waals surface area contributed by atoms with Gasteiger partial charge in [0, 0.05) is 43.0 Å². The lowest BCUT2D eigenvalue weighted by molar-refractivity contribution is 0.435. The molecule has 1 aliphatic heterocycles. The largest absolute Gasteiger partial charge is 0.314 e. The molecule has 2 aliphatic rings. The zero-order valence-electron chi connectivity index (χ0n) is 14.9. The molecule has 3 aromatic heterocycles. The van der Waals surface area contributed by atoms with Crippen LogP contribution in [0.25, 0.3) is 26.3 Å². The van der Waals surface area contributed by atoms with Gasteiger partial charge in [-0.05, 0) is 55.5 Å². The molecule has 1 aliphatic carbocycles. The lowest BCUT2D eigenvalue weighted by Gasteiger charge is -2.20. The third-order valence-corrected chi connectivity index (χ3v) is 7.16. The number of piperidine rings is 1. The predicted octanol–water partition coefficient (Wildman–Crippen LogP) is 3.72. The van der Waals surface area contributed by atoms with Crippen molar-refractivity contribution in [3.63, 3.8) is 0 Å². The summed E-state index contributed by atoms with van der Waals surface area (Å²) in [4.78, 5) is 7.36. The van der Waals surface area contributed by atoms with E-state index in [0.29, 0.717) is 5.92 Å². The summed E-state index contributed by atoms with van der Waals surface area (Å²) >= 11 is 1.78. The normalized spacial score (nSPS) is 25.1. The first kappa shape index (κ1) is 14.9. The summed E-state index contributed by atoms with van der Waals surface area (Å²) in [5, 5.41) is 9.35. The fourth-order valence-corrected chi connectivity index (χ4v) is 5.86. The van der Waals surface area contributed by atoms with E-state index in [9.17, 15) is 0 Å². The molecule has 6 rings (SSSR count). The van der Waals surface area contributed by atoms with Gasteiger partial charge in [0.15, 0.2) is 4.96 Å². The van der Waals surface area contributed by atoms with E-state index < -0.39 is 0 Å². The van der Waals surface area contributed by atoms with Crippen LogP contribution in [0, 0.1) is 12.8 Å². The Bertz CT molecular complexity index is 1120. The molecule has 2 bridgehead atoms. The molecule has 0 amide bonds. The minimum Gasteiger partial charge on any atom is -0.314 e. The van der Waals surface area contributed by atoms with Gasteiger partial charge in [0.25, 0.3) is 0 Å². The second-order valence-corrected chi connectivity index (χ2v) is 8.94. The van der Waals surface area contributed by atoms with Gasteiger partial charge in [-0.15, -0.1) is 0 Å². The predicted molar refractivity (Wildman–Crippen MR) is 105 cm³/mol. The van der Waals surface area contributed by atoms with Gasteiger partial charge in [-0.1, -0.05) is 11.3 Å². The molecular formula is C20H21N5S. The van der Waals surface area contributed by atoms with E-state index in [-0.39, 0.29) is 0 Å². The Morgan fingerprint density at radius 3 is 2.88 bits per heavy atom. The van der Waals surface area contributed by atoms with Crippen molar-refractivity contribution in [2.75, 3.05) is 6.54 Å². The Morgan fingerprint density at radius 2 is 2.12 bits per heavy atom. The maximum Gasteiger partial charge on any atom is 0.194 e. The Balaban J connectivity index is 1.39. The van der Waals surface area contributed by atoms with Crippen molar-refractivity contribution in [3.05, 3.63) is 42.0 Å². The van der Waals surface area contributed by atoms with Crippen LogP contribution in [0.3, 0.4) is 0 Å². The van der Waals surface area contributed by atoms with E-state index in [2.05, 4.69) is 52.5 Å². The van der Waals surface area contributed by atoms with Crippen LogP contribution in [-0.2, 0) is 7.05 Å². The summed E-state index contributed by atoms with van der Waals surface area (Å²) in [5.74, 6) is 1.42. The van der Waals surface area contributed by atoms with Crippen LogP contribution in [-0.4, -0.2) is 31.8 Å². The SMILES string of the molecule is Cc1cc(-c2cn3cc([C@@H]4C[C@H]5C[C@@H]4CN5)nc3s2)cc2cn(C)nc12. The van der Waals surface area contributed by atoms with Crippen LogP contribution in [0.5, 0.6) is 0 Å². The summed E-state index contributed by atoms with van der Waals surface area (Å²) in [7, 11) is 1.98. The summed E-state index contributed by atoms with van der Waals surface area (Å²) in [6, 6.07) is 5.20. The second kappa shape index (κ2) is 5.18. The summed E-state index contributed by atoms with van der Waals surface area (Å²) in [6.07, 6.45) is 9.16. The first-order valence-electron chi connectivity index (χ1n) is 9.30. The van der Waals surface area contributed by atoms with E-state index >= 15 is 0 Å². The number of fused-ring (bicyclic) bond motifs is 4. The van der Waals surface area contributed by atoms with Crippen molar-refractivity contribution in [3.8, 4) is 10.4 Å². The van der Waals surface area contributed by atoms with Crippen LogP contribution < -0.4 is 5.32 Å². The Kier molecular flexibility index (Phi) is 2.97. The monoisotopic (exact) mass is 363 g/mol. The van der Waals surface area contributed by atoms with Crippen LogP contribution in [0.1, 0.15) is 30.0 Å². The summed E-state index contributed by atoms with van der Waals surface area (Å²) < 4.78 is 4.11. The van der Waals surface area contributed by atoms with Gasteiger partial charge >= 0.3 is 0 Å². The Labute approximate surface area is 155 Å². The van der Waals surface area contributed by atoms with Crippen molar-refractivity contribution in [1.82, 2.24) is 24.5 Å². The van der Waals surface area contributed by atoms with Crippen molar-refractivity contribution < 1.29 is 0 Å². The lowest BCUT2D eigenvalue weighted by atomic mass is 9.92. The van der Waals surface area contributed by atoms with Crippen molar-refractivity contribution >= 4 is 27.2 Å². The molecule has 132 valence electrons. The van der Waals surface area contributed by atoms with Crippen molar-refractivity contribution in [2.45, 2.75) is 31.7 Å². The van der Waals surface area contributed by atoms with Gasteiger partial charge in [-0.2, -0.15) is 5.10 Å². The number of aromatic nitrogens is 4. The minimum absolute atomic E-state index is 0.644. The molecule has 6 heteroatoms. The van der Waals surface area contributed by atoms with E-state index in [1.165, 1.54) is 39.9 Å². The fraction of sp³-hybridized carbons (Fsp3) is 0.400. The molecule has 1 saturated carbocycles. The number of nitrogens with zero attached hydrogens (tertiary/aromatic N) is 4. The number of hydrogen-bond acceptors (Lipinski definition) is 4. The highest BCUT2D eigenvalue weighted by molar-refractivity contribution is 7.20. The van der Waals surface area contributed by atoms with Crippen LogP contribution in [0.4, 0.5) is 0 Å². The minimum atomic E-state index is 0.644. The highest BCUT2D eigenvalue weighted by Crippen LogP contribution is 2.43. The zero-order valence-corrected chi connectivity index (χ0v) is 15.8. The molecule has 26 heavy (non-hydrogen) atoms. The van der Waals surface area contributed by atoms with Gasteiger partial charge in [-0.3, -0.25) is 9.08 Å². The number of benzene rings is 1. The molecule has 1 N–H and O–H groups in total. The molecule has 0 radical (unpaired) electrons. The average molecular weight is 363 g/mol. The highest BCUT2D eigenvalue weighted by atomic mass is 32.1. The van der Waals surface area contributed by atoms with Gasteiger partial charge in [-0.25, -0.2) is 4.98 Å². The molecule has 3 atom stereocenters. The van der Waals surface area contributed by atoms with Crippen LogP contribution >= 0.6 is 11.3 Å². The summed E-state index contributed by atoms with van der Waals surface area (Å²) in [6.45, 7) is 3.30. The molecule has 0 unspecified atom stereocenters. The fourth-order valence-electron chi connectivity index (χ4n) is 4.90. The van der Waals surface area contributed by atoms with Gasteiger partial charge in [0.1, 0.15) is 0 Å². The van der Waals surface area contributed by atoms with E-state index in [4.69, 9.17) is 4.98 Å². The Morgan fingerprint density at radius 1 is 1.19 bits per heavy atom. The van der Waals surface area contributed by atoms with Crippen molar-refractivity contribution in [2.24, 2.45) is 13.0 Å². The van der Waals surface area contributed by atoms with Gasteiger partial charge < -0.3 is 5.32 Å². The molecular weight excluding hydrogens is 342 g/mol. The van der Waals surface area contributed by atoms with Gasteiger partial charge in [0.2, 0.25) is 0 Å². The first-order chi connectivity index (χ1) is 12.6. The van der Waals surface area contributed by atoms with E-state index in [1.54, 1.807) is 11.3 Å². The molecule has 1 aromatic carbocycles. The second-order valence-electron chi connectivity index (χ2n) is 7.93. The molecule has 4 aromatic rings. The molecule has 5 nitrogen and oxygen atoms in total. The van der Waals surface area contributed by atoms with E-state index in [0.717, 1.165) is 29.0 Å². The number of imidazole rings is 1. The topological polar surface area (TPSA) is 47.1 Å². The lowest BCUT2D eigenvalue weighted by Crippen LogP contribution is -2.28. The van der Waals surface area contributed by atoms with Crippen LogP contribution in [0.15, 0.2) is 30.7 Å². The number of hydrogen-bond donors (Lipinski definition) is 1. The number of rotatable bonds is 2. The number of thiazole rings is 1. The third kappa shape index (κ3) is 2.12. The van der Waals surface area contributed by atoms with Crippen LogP contribution in [0.2, 0.25) is 0 Å².